The Bertz CT molecular complexity index is 1280. The van der Waals surface area contributed by atoms with Crippen LogP contribution < -0.4 is 9.46 Å². The first-order valence-corrected chi connectivity index (χ1v) is 11.6. The number of nitrogens with zero attached hydrogens (tertiary/aromatic N) is 1. The molecule has 1 N–H and O–H groups in total. The van der Waals surface area contributed by atoms with Gasteiger partial charge in [0, 0.05) is 22.2 Å². The number of thiazole rings is 1. The Kier molecular flexibility index (Phi) is 5.57. The van der Waals surface area contributed by atoms with Crippen molar-refractivity contribution >= 4 is 27.0 Å². The molecule has 7 heteroatoms. The first-order valence-electron chi connectivity index (χ1n) is 9.25. The lowest BCUT2D eigenvalue weighted by Gasteiger charge is -2.11. The minimum absolute atomic E-state index is 0.186. The van der Waals surface area contributed by atoms with Gasteiger partial charge in [-0.15, -0.1) is 11.3 Å². The van der Waals surface area contributed by atoms with E-state index in [9.17, 15) is 8.42 Å². The van der Waals surface area contributed by atoms with Gasteiger partial charge < -0.3 is 4.74 Å². The van der Waals surface area contributed by atoms with E-state index in [1.807, 2.05) is 54.8 Å². The van der Waals surface area contributed by atoms with Crippen molar-refractivity contribution < 1.29 is 13.2 Å². The van der Waals surface area contributed by atoms with Crippen molar-refractivity contribution in [1.82, 2.24) is 4.98 Å². The summed E-state index contributed by atoms with van der Waals surface area (Å²) in [5.74, 6) is 0.647. The minimum Gasteiger partial charge on any atom is -0.496 e. The number of anilines is 1. The Morgan fingerprint density at radius 3 is 2.43 bits per heavy atom. The number of benzene rings is 3. The number of aryl methyl sites for hydroxylation is 1. The van der Waals surface area contributed by atoms with Gasteiger partial charge in [-0.1, -0.05) is 42.5 Å². The highest BCUT2D eigenvalue weighted by Gasteiger charge is 2.16. The van der Waals surface area contributed by atoms with E-state index in [0.717, 1.165) is 27.4 Å². The molecule has 4 aromatic rings. The van der Waals surface area contributed by atoms with Crippen LogP contribution in [-0.2, 0) is 10.0 Å². The maximum absolute atomic E-state index is 12.8. The molecule has 0 aliphatic carbocycles. The number of hydrogen-bond acceptors (Lipinski definition) is 5. The van der Waals surface area contributed by atoms with Crippen LogP contribution in [0.25, 0.3) is 21.8 Å². The molecule has 0 fully saturated rings. The molecule has 152 valence electrons. The number of rotatable bonds is 6. The van der Waals surface area contributed by atoms with Crippen LogP contribution in [0.1, 0.15) is 5.56 Å². The third-order valence-electron chi connectivity index (χ3n) is 4.61. The molecule has 0 aliphatic heterocycles. The van der Waals surface area contributed by atoms with E-state index in [4.69, 9.17) is 9.72 Å². The number of sulfonamides is 1. The predicted molar refractivity (Wildman–Crippen MR) is 122 cm³/mol. The van der Waals surface area contributed by atoms with Crippen LogP contribution in [0.3, 0.4) is 0 Å². The summed E-state index contributed by atoms with van der Waals surface area (Å²) in [5.41, 5.74) is 3.94. The molecule has 1 aromatic heterocycles. The van der Waals surface area contributed by atoms with E-state index in [1.54, 1.807) is 42.7 Å². The summed E-state index contributed by atoms with van der Waals surface area (Å²) in [7, 11) is -2.16. The Labute approximate surface area is 180 Å². The summed E-state index contributed by atoms with van der Waals surface area (Å²) in [6.07, 6.45) is 0. The molecular formula is C23H20N2O3S2. The van der Waals surface area contributed by atoms with E-state index >= 15 is 0 Å². The largest absolute Gasteiger partial charge is 0.496 e. The summed E-state index contributed by atoms with van der Waals surface area (Å²) in [6.45, 7) is 1.81. The maximum atomic E-state index is 12.8. The van der Waals surface area contributed by atoms with Crippen LogP contribution in [0.5, 0.6) is 5.75 Å². The highest BCUT2D eigenvalue weighted by Crippen LogP contribution is 2.30. The van der Waals surface area contributed by atoms with Crippen molar-refractivity contribution in [3.63, 3.8) is 0 Å². The molecule has 0 saturated heterocycles. The fourth-order valence-corrected chi connectivity index (χ4v) is 5.06. The van der Waals surface area contributed by atoms with E-state index in [2.05, 4.69) is 4.72 Å². The fourth-order valence-electron chi connectivity index (χ4n) is 3.09. The van der Waals surface area contributed by atoms with Gasteiger partial charge in [-0.25, -0.2) is 13.4 Å². The molecular weight excluding hydrogens is 416 g/mol. The number of methoxy groups -OCH3 is 1. The van der Waals surface area contributed by atoms with Crippen LogP contribution in [0.15, 0.2) is 83.1 Å². The first kappa shape index (κ1) is 20.1. The highest BCUT2D eigenvalue weighted by molar-refractivity contribution is 7.92. The van der Waals surface area contributed by atoms with E-state index in [1.165, 1.54) is 6.07 Å². The van der Waals surface area contributed by atoms with E-state index in [-0.39, 0.29) is 4.90 Å². The number of nitrogens with one attached hydrogen (secondary N) is 1. The molecule has 1 heterocycles. The first-order chi connectivity index (χ1) is 14.5. The number of hydrogen-bond donors (Lipinski definition) is 1. The summed E-state index contributed by atoms with van der Waals surface area (Å²) < 4.78 is 33.5. The predicted octanol–water partition coefficient (Wildman–Crippen LogP) is 5.59. The quantitative estimate of drug-likeness (QED) is 0.427. The summed E-state index contributed by atoms with van der Waals surface area (Å²) in [6, 6.07) is 22.0. The topological polar surface area (TPSA) is 68.3 Å². The smallest absolute Gasteiger partial charge is 0.261 e. The normalized spacial score (nSPS) is 11.3. The zero-order chi connectivity index (χ0) is 21.1. The van der Waals surface area contributed by atoms with Gasteiger partial charge in [-0.3, -0.25) is 4.72 Å². The Balaban J connectivity index is 1.60. The Morgan fingerprint density at radius 2 is 1.70 bits per heavy atom. The zero-order valence-electron chi connectivity index (χ0n) is 16.5. The second kappa shape index (κ2) is 8.30. The van der Waals surface area contributed by atoms with Crippen LogP contribution in [0.4, 0.5) is 5.69 Å². The van der Waals surface area contributed by atoms with Gasteiger partial charge in [0.2, 0.25) is 0 Å². The molecule has 0 atom stereocenters. The third-order valence-corrected chi connectivity index (χ3v) is 6.88. The van der Waals surface area contributed by atoms with E-state index < -0.39 is 10.0 Å². The van der Waals surface area contributed by atoms with Crippen LogP contribution >= 0.6 is 11.3 Å². The lowest BCUT2D eigenvalue weighted by atomic mass is 10.1. The van der Waals surface area contributed by atoms with Gasteiger partial charge in [0.05, 0.1) is 17.7 Å². The van der Waals surface area contributed by atoms with Crippen molar-refractivity contribution in [3.8, 4) is 27.6 Å². The molecule has 0 saturated carbocycles. The molecule has 3 aromatic carbocycles. The Hall–Kier alpha value is -3.16. The standard InChI is InChI=1S/C23H20N2O3S2/c1-16-13-20(11-12-22(16)28-2)30(26,27)25-19-10-6-9-18(14-19)21-15-29-23(24-21)17-7-4-3-5-8-17/h3-15,25H,1-2H3. The maximum Gasteiger partial charge on any atom is 0.261 e. The van der Waals surface area contributed by atoms with Crippen LogP contribution in [0.2, 0.25) is 0 Å². The van der Waals surface area contributed by atoms with Crippen molar-refractivity contribution in [3.05, 3.63) is 83.7 Å². The SMILES string of the molecule is COc1ccc(S(=O)(=O)Nc2cccc(-c3csc(-c4ccccc4)n3)c2)cc1C. The zero-order valence-corrected chi connectivity index (χ0v) is 18.1. The molecule has 0 radical (unpaired) electrons. The number of aromatic nitrogens is 1. The molecule has 0 amide bonds. The lowest BCUT2D eigenvalue weighted by molar-refractivity contribution is 0.411. The molecule has 5 nitrogen and oxygen atoms in total. The second-order valence-electron chi connectivity index (χ2n) is 6.72. The van der Waals surface area contributed by atoms with Crippen LogP contribution in [0, 0.1) is 6.92 Å². The molecule has 0 aliphatic rings. The monoisotopic (exact) mass is 436 g/mol. The van der Waals surface area contributed by atoms with Gasteiger partial charge in [0.1, 0.15) is 10.8 Å². The molecule has 0 unspecified atom stereocenters. The van der Waals surface area contributed by atoms with Crippen molar-refractivity contribution in [2.75, 3.05) is 11.8 Å². The average molecular weight is 437 g/mol. The van der Waals surface area contributed by atoms with Gasteiger partial charge >= 0.3 is 0 Å². The van der Waals surface area contributed by atoms with Gasteiger partial charge in [-0.05, 0) is 42.8 Å². The van der Waals surface area contributed by atoms with E-state index in [0.29, 0.717) is 11.4 Å². The molecule has 30 heavy (non-hydrogen) atoms. The van der Waals surface area contributed by atoms with Crippen LogP contribution in [-0.4, -0.2) is 20.5 Å². The third kappa shape index (κ3) is 4.22. The lowest BCUT2D eigenvalue weighted by Crippen LogP contribution is -2.13. The summed E-state index contributed by atoms with van der Waals surface area (Å²) in [4.78, 5) is 4.89. The van der Waals surface area contributed by atoms with Gasteiger partial charge in [0.15, 0.2) is 0 Å². The molecule has 0 bridgehead atoms. The van der Waals surface area contributed by atoms with Crippen molar-refractivity contribution in [2.45, 2.75) is 11.8 Å². The molecule has 0 spiro atoms. The minimum atomic E-state index is -3.72. The summed E-state index contributed by atoms with van der Waals surface area (Å²) >= 11 is 1.56. The second-order valence-corrected chi connectivity index (χ2v) is 9.26. The fraction of sp³-hybridized carbons (Fsp3) is 0.0870. The Morgan fingerprint density at radius 1 is 0.933 bits per heavy atom. The van der Waals surface area contributed by atoms with Gasteiger partial charge in [-0.2, -0.15) is 0 Å². The summed E-state index contributed by atoms with van der Waals surface area (Å²) in [5, 5.41) is 2.90. The van der Waals surface area contributed by atoms with Crippen molar-refractivity contribution in [1.29, 1.82) is 0 Å². The van der Waals surface area contributed by atoms with Crippen molar-refractivity contribution in [2.24, 2.45) is 0 Å². The number of ether oxygens (including phenoxy) is 1. The highest BCUT2D eigenvalue weighted by atomic mass is 32.2. The average Bonchev–Trinajstić information content (AvgIpc) is 3.25. The van der Waals surface area contributed by atoms with Gasteiger partial charge in [0.25, 0.3) is 10.0 Å². The molecule has 4 rings (SSSR count).